The van der Waals surface area contributed by atoms with Gasteiger partial charge in [-0.05, 0) is 54.4 Å². The van der Waals surface area contributed by atoms with Gasteiger partial charge in [0.2, 0.25) is 0 Å². The van der Waals surface area contributed by atoms with Crippen LogP contribution in [0.2, 0.25) is 0 Å². The summed E-state index contributed by atoms with van der Waals surface area (Å²) in [5, 5.41) is 12.1. The van der Waals surface area contributed by atoms with Crippen LogP contribution in [-0.4, -0.2) is 36.0 Å². The highest BCUT2D eigenvalue weighted by atomic mass is 16.5. The molecule has 144 valence electrons. The van der Waals surface area contributed by atoms with E-state index in [2.05, 4.69) is 4.90 Å². The van der Waals surface area contributed by atoms with E-state index in [-0.39, 0.29) is 11.7 Å². The van der Waals surface area contributed by atoms with Crippen molar-refractivity contribution in [2.75, 3.05) is 20.2 Å². The van der Waals surface area contributed by atoms with Crippen LogP contribution in [0.3, 0.4) is 0 Å². The molecule has 0 amide bonds. The summed E-state index contributed by atoms with van der Waals surface area (Å²) in [5.74, 6) is 1.34. The van der Waals surface area contributed by atoms with E-state index in [1.807, 2.05) is 54.6 Å². The van der Waals surface area contributed by atoms with E-state index in [9.17, 15) is 9.90 Å². The maximum atomic E-state index is 13.1. The van der Waals surface area contributed by atoms with Crippen LogP contribution in [0.5, 0.6) is 11.5 Å². The topological polar surface area (TPSA) is 49.8 Å². The van der Waals surface area contributed by atoms with Gasteiger partial charge >= 0.3 is 0 Å². The molecule has 1 aliphatic heterocycles. The van der Waals surface area contributed by atoms with Gasteiger partial charge in [0.1, 0.15) is 11.5 Å². The molecule has 3 aromatic rings. The summed E-state index contributed by atoms with van der Waals surface area (Å²) in [5.41, 5.74) is 1.68. The van der Waals surface area contributed by atoms with Crippen molar-refractivity contribution in [2.45, 2.75) is 19.4 Å². The number of likely N-dealkylation sites (tertiary alicyclic amines) is 1. The number of ketones is 1. The van der Waals surface area contributed by atoms with Crippen LogP contribution >= 0.6 is 0 Å². The molecule has 1 atom stereocenters. The quantitative estimate of drug-likeness (QED) is 0.660. The standard InChI is InChI=1S/C24H25NO3/c1-28-22-11-10-17-13-19(9-8-18(17)14-22)24(27)21-6-4-12-25(16-21)15-20-5-2-3-7-23(20)26/h2-3,5,7-11,13-14,21,26H,4,6,12,15-16H2,1H3/t21-/m1/s1. The minimum atomic E-state index is -0.00435. The average Bonchev–Trinajstić information content (AvgIpc) is 2.74. The fraction of sp³-hybridized carbons (Fsp3) is 0.292. The Hall–Kier alpha value is -2.85. The number of phenols is 1. The van der Waals surface area contributed by atoms with E-state index in [1.54, 1.807) is 13.2 Å². The number of aromatic hydroxyl groups is 1. The minimum absolute atomic E-state index is 0.00435. The van der Waals surface area contributed by atoms with Gasteiger partial charge in [-0.2, -0.15) is 0 Å². The Morgan fingerprint density at radius 1 is 1.11 bits per heavy atom. The van der Waals surface area contributed by atoms with Gasteiger partial charge in [-0.25, -0.2) is 0 Å². The van der Waals surface area contributed by atoms with E-state index in [0.717, 1.165) is 53.6 Å². The third-order valence-electron chi connectivity index (χ3n) is 5.59. The molecular weight excluding hydrogens is 350 g/mol. The van der Waals surface area contributed by atoms with Crippen LogP contribution < -0.4 is 4.74 Å². The Morgan fingerprint density at radius 3 is 2.71 bits per heavy atom. The summed E-state index contributed by atoms with van der Waals surface area (Å²) in [6.07, 6.45) is 1.91. The number of carbonyl (C=O) groups excluding carboxylic acids is 1. The van der Waals surface area contributed by atoms with E-state index < -0.39 is 0 Å². The van der Waals surface area contributed by atoms with Crippen molar-refractivity contribution in [3.63, 3.8) is 0 Å². The molecule has 0 unspecified atom stereocenters. The fourth-order valence-corrected chi connectivity index (χ4v) is 4.04. The second kappa shape index (κ2) is 8.03. The van der Waals surface area contributed by atoms with Gasteiger partial charge in [-0.15, -0.1) is 0 Å². The lowest BCUT2D eigenvalue weighted by Crippen LogP contribution is -2.38. The molecule has 1 fully saturated rings. The maximum Gasteiger partial charge on any atom is 0.167 e. The number of piperidine rings is 1. The van der Waals surface area contributed by atoms with Crippen molar-refractivity contribution >= 4 is 16.6 Å². The number of nitrogens with zero attached hydrogens (tertiary/aromatic N) is 1. The number of hydrogen-bond donors (Lipinski definition) is 1. The number of Topliss-reactive ketones (excluding diaryl/α,β-unsaturated/α-hetero) is 1. The molecule has 4 nitrogen and oxygen atoms in total. The highest BCUT2D eigenvalue weighted by Gasteiger charge is 2.27. The molecule has 1 saturated heterocycles. The maximum absolute atomic E-state index is 13.1. The van der Waals surface area contributed by atoms with Gasteiger partial charge in [0.25, 0.3) is 0 Å². The Bertz CT molecular complexity index is 998. The normalized spacial score (nSPS) is 17.5. The molecule has 1 aliphatic rings. The molecule has 0 aliphatic carbocycles. The number of phenolic OH excluding ortho intramolecular Hbond substituents is 1. The highest BCUT2D eigenvalue weighted by Crippen LogP contribution is 2.27. The fourth-order valence-electron chi connectivity index (χ4n) is 4.04. The number of para-hydroxylation sites is 1. The average molecular weight is 375 g/mol. The van der Waals surface area contributed by atoms with Gasteiger partial charge in [-0.1, -0.05) is 36.4 Å². The first-order chi connectivity index (χ1) is 13.6. The first-order valence-corrected chi connectivity index (χ1v) is 9.75. The Balaban J connectivity index is 1.49. The van der Waals surface area contributed by atoms with Gasteiger partial charge < -0.3 is 9.84 Å². The summed E-state index contributed by atoms with van der Waals surface area (Å²) >= 11 is 0. The number of benzene rings is 3. The highest BCUT2D eigenvalue weighted by molar-refractivity contribution is 6.01. The summed E-state index contributed by atoms with van der Waals surface area (Å²) in [6, 6.07) is 19.2. The monoisotopic (exact) mass is 375 g/mol. The molecule has 4 heteroatoms. The van der Waals surface area contributed by atoms with Crippen LogP contribution in [0.15, 0.2) is 60.7 Å². The molecule has 28 heavy (non-hydrogen) atoms. The smallest absolute Gasteiger partial charge is 0.167 e. The lowest BCUT2D eigenvalue weighted by molar-refractivity contribution is 0.0811. The lowest BCUT2D eigenvalue weighted by Gasteiger charge is -2.32. The molecule has 1 N–H and O–H groups in total. The molecule has 4 rings (SSSR count). The van der Waals surface area contributed by atoms with Crippen molar-refractivity contribution in [2.24, 2.45) is 5.92 Å². The van der Waals surface area contributed by atoms with Crippen LogP contribution in [0.4, 0.5) is 0 Å². The second-order valence-corrected chi connectivity index (χ2v) is 7.50. The van der Waals surface area contributed by atoms with Crippen molar-refractivity contribution < 1.29 is 14.6 Å². The third kappa shape index (κ3) is 3.87. The zero-order chi connectivity index (χ0) is 19.5. The molecule has 0 bridgehead atoms. The Kier molecular flexibility index (Phi) is 5.31. The van der Waals surface area contributed by atoms with Crippen LogP contribution in [0.25, 0.3) is 10.8 Å². The number of ether oxygens (including phenoxy) is 1. The van der Waals surface area contributed by atoms with E-state index >= 15 is 0 Å². The Morgan fingerprint density at radius 2 is 1.89 bits per heavy atom. The van der Waals surface area contributed by atoms with Crippen molar-refractivity contribution in [3.8, 4) is 11.5 Å². The van der Waals surface area contributed by atoms with Gasteiger partial charge in [0, 0.05) is 30.1 Å². The van der Waals surface area contributed by atoms with Gasteiger partial charge in [-0.3, -0.25) is 9.69 Å². The largest absolute Gasteiger partial charge is 0.508 e. The number of fused-ring (bicyclic) bond motifs is 1. The molecule has 0 aromatic heterocycles. The Labute approximate surface area is 165 Å². The summed E-state index contributed by atoms with van der Waals surface area (Å²) in [6.45, 7) is 2.36. The molecule has 1 heterocycles. The second-order valence-electron chi connectivity index (χ2n) is 7.50. The minimum Gasteiger partial charge on any atom is -0.508 e. The SMILES string of the molecule is COc1ccc2cc(C(=O)[C@@H]3CCCN(Cc4ccccc4O)C3)ccc2c1. The van der Waals surface area contributed by atoms with Crippen LogP contribution in [0.1, 0.15) is 28.8 Å². The molecule has 0 saturated carbocycles. The zero-order valence-electron chi connectivity index (χ0n) is 16.1. The molecular formula is C24H25NO3. The number of carbonyl (C=O) groups is 1. The predicted molar refractivity (Wildman–Crippen MR) is 111 cm³/mol. The van der Waals surface area contributed by atoms with Crippen molar-refractivity contribution in [3.05, 3.63) is 71.8 Å². The van der Waals surface area contributed by atoms with Crippen molar-refractivity contribution in [1.82, 2.24) is 4.90 Å². The molecule has 3 aromatic carbocycles. The molecule has 0 radical (unpaired) electrons. The summed E-state index contributed by atoms with van der Waals surface area (Å²) in [4.78, 5) is 15.4. The number of hydrogen-bond acceptors (Lipinski definition) is 4. The van der Waals surface area contributed by atoms with E-state index in [0.29, 0.717) is 12.3 Å². The van der Waals surface area contributed by atoms with Crippen LogP contribution in [0, 0.1) is 5.92 Å². The molecule has 0 spiro atoms. The predicted octanol–water partition coefficient (Wildman–Crippen LogP) is 4.65. The van der Waals surface area contributed by atoms with Crippen molar-refractivity contribution in [1.29, 1.82) is 0 Å². The van der Waals surface area contributed by atoms with Gasteiger partial charge in [0.15, 0.2) is 5.78 Å². The number of methoxy groups -OCH3 is 1. The third-order valence-corrected chi connectivity index (χ3v) is 5.59. The zero-order valence-corrected chi connectivity index (χ0v) is 16.1. The summed E-state index contributed by atoms with van der Waals surface area (Å²) in [7, 11) is 1.66. The van der Waals surface area contributed by atoms with Crippen LogP contribution in [-0.2, 0) is 6.54 Å². The van der Waals surface area contributed by atoms with Gasteiger partial charge in [0.05, 0.1) is 7.11 Å². The lowest BCUT2D eigenvalue weighted by atomic mass is 9.89. The number of rotatable bonds is 5. The summed E-state index contributed by atoms with van der Waals surface area (Å²) < 4.78 is 5.27. The first kappa shape index (κ1) is 18.5. The van der Waals surface area contributed by atoms with E-state index in [1.165, 1.54) is 0 Å². The van der Waals surface area contributed by atoms with E-state index in [4.69, 9.17) is 4.74 Å². The first-order valence-electron chi connectivity index (χ1n) is 9.75.